The zero-order chi connectivity index (χ0) is 14.6. The summed E-state index contributed by atoms with van der Waals surface area (Å²) in [6.07, 6.45) is 4.92. The van der Waals surface area contributed by atoms with Crippen LogP contribution in [-0.4, -0.2) is 18.0 Å². The first-order valence-corrected chi connectivity index (χ1v) is 7.63. The van der Waals surface area contributed by atoms with Crippen LogP contribution in [0.4, 0.5) is 0 Å². The third-order valence-corrected chi connectivity index (χ3v) is 4.57. The van der Waals surface area contributed by atoms with Gasteiger partial charge < -0.3 is 11.1 Å². The van der Waals surface area contributed by atoms with Gasteiger partial charge in [-0.25, -0.2) is 0 Å². The van der Waals surface area contributed by atoms with Crippen LogP contribution in [-0.2, 0) is 4.79 Å². The Kier molecular flexibility index (Phi) is 6.69. The third-order valence-electron chi connectivity index (χ3n) is 4.57. The van der Waals surface area contributed by atoms with E-state index in [0.29, 0.717) is 13.0 Å². The maximum absolute atomic E-state index is 12.3. The van der Waals surface area contributed by atoms with Crippen LogP contribution >= 0.6 is 12.4 Å². The van der Waals surface area contributed by atoms with E-state index in [4.69, 9.17) is 5.73 Å². The number of aryl methyl sites for hydroxylation is 1. The average Bonchev–Trinajstić information content (AvgIpc) is 2.88. The molecule has 0 aliphatic heterocycles. The van der Waals surface area contributed by atoms with Crippen LogP contribution in [0.5, 0.6) is 0 Å². The summed E-state index contributed by atoms with van der Waals surface area (Å²) < 4.78 is 0. The molecule has 0 spiro atoms. The van der Waals surface area contributed by atoms with Crippen molar-refractivity contribution < 1.29 is 4.79 Å². The molecule has 0 saturated heterocycles. The van der Waals surface area contributed by atoms with E-state index in [-0.39, 0.29) is 29.8 Å². The van der Waals surface area contributed by atoms with Gasteiger partial charge in [0.05, 0.1) is 5.54 Å². The molecule has 0 bridgehead atoms. The molecule has 1 aromatic rings. The van der Waals surface area contributed by atoms with Gasteiger partial charge in [0.2, 0.25) is 5.91 Å². The SMILES string of the molecule is Cc1ccccc1C(C)CC(=O)NC1(CN)CCCC1.Cl. The first-order valence-electron chi connectivity index (χ1n) is 7.63. The highest BCUT2D eigenvalue weighted by Crippen LogP contribution is 2.29. The number of halogens is 1. The quantitative estimate of drug-likeness (QED) is 0.876. The summed E-state index contributed by atoms with van der Waals surface area (Å²) in [5.74, 6) is 0.375. The Morgan fingerprint density at radius 3 is 2.52 bits per heavy atom. The second-order valence-electron chi connectivity index (χ2n) is 6.20. The van der Waals surface area contributed by atoms with Gasteiger partial charge in [-0.05, 0) is 36.8 Å². The summed E-state index contributed by atoms with van der Waals surface area (Å²) >= 11 is 0. The smallest absolute Gasteiger partial charge is 0.221 e. The van der Waals surface area contributed by atoms with E-state index < -0.39 is 0 Å². The van der Waals surface area contributed by atoms with Crippen LogP contribution in [0.25, 0.3) is 0 Å². The van der Waals surface area contributed by atoms with E-state index in [1.54, 1.807) is 0 Å². The molecule has 2 rings (SSSR count). The summed E-state index contributed by atoms with van der Waals surface area (Å²) in [5.41, 5.74) is 8.24. The summed E-state index contributed by atoms with van der Waals surface area (Å²) in [6.45, 7) is 4.77. The maximum atomic E-state index is 12.3. The predicted octanol–water partition coefficient (Wildman–Crippen LogP) is 3.30. The average molecular weight is 311 g/mol. The van der Waals surface area contributed by atoms with Gasteiger partial charge in [0.25, 0.3) is 0 Å². The lowest BCUT2D eigenvalue weighted by atomic mass is 9.92. The zero-order valence-corrected chi connectivity index (χ0v) is 13.8. The molecule has 4 heteroatoms. The van der Waals surface area contributed by atoms with Crippen LogP contribution in [0, 0.1) is 6.92 Å². The van der Waals surface area contributed by atoms with Gasteiger partial charge in [-0.1, -0.05) is 44.0 Å². The summed E-state index contributed by atoms with van der Waals surface area (Å²) in [7, 11) is 0. The lowest BCUT2D eigenvalue weighted by Gasteiger charge is -2.29. The van der Waals surface area contributed by atoms with Crippen molar-refractivity contribution in [2.24, 2.45) is 5.73 Å². The second kappa shape index (κ2) is 7.81. The van der Waals surface area contributed by atoms with E-state index in [1.807, 2.05) is 12.1 Å². The number of carbonyl (C=O) groups is 1. The fourth-order valence-electron chi connectivity index (χ4n) is 3.31. The molecule has 21 heavy (non-hydrogen) atoms. The summed E-state index contributed by atoms with van der Waals surface area (Å²) in [5, 5.41) is 3.20. The van der Waals surface area contributed by atoms with Crippen molar-refractivity contribution in [2.45, 2.75) is 57.4 Å². The minimum absolute atomic E-state index is 0. The number of amides is 1. The Balaban J connectivity index is 0.00000220. The van der Waals surface area contributed by atoms with Gasteiger partial charge in [0.15, 0.2) is 0 Å². The molecule has 118 valence electrons. The van der Waals surface area contributed by atoms with E-state index >= 15 is 0 Å². The number of benzene rings is 1. The molecule has 0 heterocycles. The van der Waals surface area contributed by atoms with Gasteiger partial charge in [-0.2, -0.15) is 0 Å². The van der Waals surface area contributed by atoms with Crippen molar-refractivity contribution in [3.8, 4) is 0 Å². The van der Waals surface area contributed by atoms with E-state index in [2.05, 4.69) is 31.3 Å². The Morgan fingerprint density at radius 2 is 1.95 bits per heavy atom. The second-order valence-corrected chi connectivity index (χ2v) is 6.20. The molecule has 3 nitrogen and oxygen atoms in total. The van der Waals surface area contributed by atoms with E-state index in [1.165, 1.54) is 24.0 Å². The monoisotopic (exact) mass is 310 g/mol. The molecular weight excluding hydrogens is 284 g/mol. The van der Waals surface area contributed by atoms with Gasteiger partial charge in [-0.3, -0.25) is 4.79 Å². The third kappa shape index (κ3) is 4.45. The van der Waals surface area contributed by atoms with Crippen molar-refractivity contribution in [2.75, 3.05) is 6.54 Å². The van der Waals surface area contributed by atoms with Gasteiger partial charge in [0.1, 0.15) is 0 Å². The molecule has 1 fully saturated rings. The molecule has 0 aromatic heterocycles. The number of hydrogen-bond acceptors (Lipinski definition) is 2. The van der Waals surface area contributed by atoms with Crippen molar-refractivity contribution in [3.63, 3.8) is 0 Å². The number of nitrogens with one attached hydrogen (secondary N) is 1. The topological polar surface area (TPSA) is 55.1 Å². The Morgan fingerprint density at radius 1 is 1.33 bits per heavy atom. The highest BCUT2D eigenvalue weighted by Gasteiger charge is 2.34. The van der Waals surface area contributed by atoms with Gasteiger partial charge in [-0.15, -0.1) is 12.4 Å². The molecule has 1 unspecified atom stereocenters. The lowest BCUT2D eigenvalue weighted by Crippen LogP contribution is -2.51. The Labute approximate surface area is 134 Å². The van der Waals surface area contributed by atoms with E-state index in [9.17, 15) is 4.79 Å². The van der Waals surface area contributed by atoms with Crippen molar-refractivity contribution in [1.29, 1.82) is 0 Å². The normalized spacial score (nSPS) is 17.9. The molecule has 1 aromatic carbocycles. The molecule has 1 aliphatic rings. The molecule has 1 atom stereocenters. The molecule has 3 N–H and O–H groups in total. The fraction of sp³-hybridized carbons (Fsp3) is 0.588. The molecule has 1 saturated carbocycles. The van der Waals surface area contributed by atoms with Crippen molar-refractivity contribution in [3.05, 3.63) is 35.4 Å². The first-order chi connectivity index (χ1) is 9.56. The summed E-state index contributed by atoms with van der Waals surface area (Å²) in [4.78, 5) is 12.3. The predicted molar refractivity (Wildman–Crippen MR) is 89.9 cm³/mol. The minimum atomic E-state index is -0.136. The minimum Gasteiger partial charge on any atom is -0.349 e. The standard InChI is InChI=1S/C17H26N2O.ClH/c1-13-7-3-4-8-15(13)14(2)11-16(20)19-17(12-18)9-5-6-10-17;/h3-4,7-8,14H,5-6,9-12,18H2,1-2H3,(H,19,20);1H. The number of hydrogen-bond donors (Lipinski definition) is 2. The Hall–Kier alpha value is -1.06. The number of carbonyl (C=O) groups excluding carboxylic acids is 1. The van der Waals surface area contributed by atoms with Crippen LogP contribution in [0.2, 0.25) is 0 Å². The Bertz CT molecular complexity index is 470. The van der Waals surface area contributed by atoms with Crippen LogP contribution in [0.15, 0.2) is 24.3 Å². The van der Waals surface area contributed by atoms with Gasteiger partial charge in [0, 0.05) is 13.0 Å². The molecule has 1 amide bonds. The van der Waals surface area contributed by atoms with E-state index in [0.717, 1.165) is 12.8 Å². The maximum Gasteiger partial charge on any atom is 0.221 e. The highest BCUT2D eigenvalue weighted by molar-refractivity contribution is 5.85. The molecule has 0 radical (unpaired) electrons. The molecular formula is C17H27ClN2O. The van der Waals surface area contributed by atoms with Crippen LogP contribution in [0.3, 0.4) is 0 Å². The zero-order valence-electron chi connectivity index (χ0n) is 13.0. The van der Waals surface area contributed by atoms with Crippen LogP contribution < -0.4 is 11.1 Å². The highest BCUT2D eigenvalue weighted by atomic mass is 35.5. The fourth-order valence-corrected chi connectivity index (χ4v) is 3.31. The lowest BCUT2D eigenvalue weighted by molar-refractivity contribution is -0.123. The number of rotatable bonds is 5. The summed E-state index contributed by atoms with van der Waals surface area (Å²) in [6, 6.07) is 8.28. The molecule has 1 aliphatic carbocycles. The van der Waals surface area contributed by atoms with Crippen molar-refractivity contribution >= 4 is 18.3 Å². The van der Waals surface area contributed by atoms with Crippen molar-refractivity contribution in [1.82, 2.24) is 5.32 Å². The first kappa shape index (κ1) is 18.0. The number of nitrogens with two attached hydrogens (primary N) is 1. The van der Waals surface area contributed by atoms with Gasteiger partial charge >= 0.3 is 0 Å². The largest absolute Gasteiger partial charge is 0.349 e. The van der Waals surface area contributed by atoms with Crippen LogP contribution in [0.1, 0.15) is 56.1 Å².